The molecule has 1 aliphatic carbocycles. The number of ether oxygens (including phenoxy) is 1. The summed E-state index contributed by atoms with van der Waals surface area (Å²) in [5, 5.41) is 4.40. The standard InChI is InChI=1S/C19H30N4O6S/c1-18(2,3)28-17(26)21-10-19(11-21)7-12(8-19)20-15(24)14-6-5-13-9-22(14)16(25)23(13)29-30-27-4/h12-14H,5-11H2,1-4H3,(H,20,24)/t13-,14+/m1/s1. The van der Waals surface area contributed by atoms with Gasteiger partial charge in [-0.25, -0.2) is 9.59 Å². The van der Waals surface area contributed by atoms with E-state index in [4.69, 9.17) is 13.2 Å². The largest absolute Gasteiger partial charge is 0.444 e. The zero-order valence-electron chi connectivity index (χ0n) is 17.9. The van der Waals surface area contributed by atoms with Crippen LogP contribution in [0, 0.1) is 5.41 Å². The SMILES string of the molecule is COSON1C(=O)N2C[C@H]1CC[C@H]2C(=O)NC1CC2(C1)CN(C(=O)OC(C)(C)C)C2. The summed E-state index contributed by atoms with van der Waals surface area (Å²) in [4.78, 5) is 40.8. The Morgan fingerprint density at radius 3 is 2.53 bits per heavy atom. The highest BCUT2D eigenvalue weighted by Gasteiger charge is 2.55. The topological polar surface area (TPSA) is 101 Å². The Hall–Kier alpha value is -1.72. The summed E-state index contributed by atoms with van der Waals surface area (Å²) in [5.41, 5.74) is -0.400. The average molecular weight is 443 g/mol. The van der Waals surface area contributed by atoms with E-state index in [0.717, 1.165) is 25.2 Å². The Balaban J connectivity index is 1.22. The van der Waals surface area contributed by atoms with Gasteiger partial charge in [-0.15, -0.1) is 0 Å². The number of hydrogen-bond acceptors (Lipinski definition) is 7. The number of piperidine rings is 1. The van der Waals surface area contributed by atoms with Crippen molar-refractivity contribution in [2.45, 2.75) is 70.2 Å². The van der Waals surface area contributed by atoms with Crippen LogP contribution in [0.1, 0.15) is 46.5 Å². The number of nitrogens with zero attached hydrogens (tertiary/aromatic N) is 3. The van der Waals surface area contributed by atoms with Gasteiger partial charge in [-0.3, -0.25) is 8.98 Å². The van der Waals surface area contributed by atoms with Crippen LogP contribution < -0.4 is 5.32 Å². The van der Waals surface area contributed by atoms with Gasteiger partial charge in [-0.2, -0.15) is 9.35 Å². The molecular weight excluding hydrogens is 412 g/mol. The van der Waals surface area contributed by atoms with Crippen LogP contribution >= 0.6 is 12.3 Å². The van der Waals surface area contributed by atoms with Gasteiger partial charge in [0.25, 0.3) is 0 Å². The third kappa shape index (κ3) is 4.06. The fourth-order valence-electron chi connectivity index (χ4n) is 4.93. The summed E-state index contributed by atoms with van der Waals surface area (Å²) in [6.45, 7) is 7.41. The Labute approximate surface area is 180 Å². The molecule has 2 bridgehead atoms. The zero-order chi connectivity index (χ0) is 21.7. The molecule has 0 aromatic heterocycles. The van der Waals surface area contributed by atoms with Gasteiger partial charge < -0.3 is 19.9 Å². The third-order valence-electron chi connectivity index (χ3n) is 6.21. The summed E-state index contributed by atoms with van der Waals surface area (Å²) < 4.78 is 15.5. The number of amides is 4. The van der Waals surface area contributed by atoms with E-state index in [1.807, 2.05) is 20.8 Å². The number of urea groups is 1. The highest BCUT2D eigenvalue weighted by molar-refractivity contribution is 7.89. The predicted molar refractivity (Wildman–Crippen MR) is 108 cm³/mol. The number of likely N-dealkylation sites (tertiary alicyclic amines) is 1. The summed E-state index contributed by atoms with van der Waals surface area (Å²) in [6, 6.07) is -0.722. The van der Waals surface area contributed by atoms with Gasteiger partial charge in [0.1, 0.15) is 11.6 Å². The highest BCUT2D eigenvalue weighted by Crippen LogP contribution is 2.48. The minimum Gasteiger partial charge on any atom is -0.444 e. The van der Waals surface area contributed by atoms with E-state index in [1.54, 1.807) is 9.80 Å². The van der Waals surface area contributed by atoms with Gasteiger partial charge in [-0.05, 0) is 46.5 Å². The van der Waals surface area contributed by atoms with Gasteiger partial charge >= 0.3 is 12.1 Å². The van der Waals surface area contributed by atoms with E-state index in [1.165, 1.54) is 12.2 Å². The van der Waals surface area contributed by atoms with E-state index >= 15 is 0 Å². The fraction of sp³-hybridized carbons (Fsp3) is 0.842. The second kappa shape index (κ2) is 7.76. The maximum Gasteiger partial charge on any atom is 0.410 e. The molecule has 0 aromatic rings. The molecule has 4 rings (SSSR count). The number of hydrogen-bond donors (Lipinski definition) is 1. The maximum atomic E-state index is 12.8. The molecule has 1 saturated carbocycles. The first-order valence-electron chi connectivity index (χ1n) is 10.4. The van der Waals surface area contributed by atoms with E-state index in [2.05, 4.69) is 5.32 Å². The van der Waals surface area contributed by atoms with Crippen LogP contribution in [0.2, 0.25) is 0 Å². The molecule has 30 heavy (non-hydrogen) atoms. The Morgan fingerprint density at radius 2 is 1.90 bits per heavy atom. The molecule has 11 heteroatoms. The smallest absolute Gasteiger partial charge is 0.410 e. The van der Waals surface area contributed by atoms with Crippen LogP contribution in [-0.2, 0) is 18.0 Å². The molecule has 0 radical (unpaired) electrons. The summed E-state index contributed by atoms with van der Waals surface area (Å²) in [7, 11) is 1.47. The normalized spacial score (nSPS) is 27.7. The quantitative estimate of drug-likeness (QED) is 0.649. The van der Waals surface area contributed by atoms with E-state index < -0.39 is 11.6 Å². The lowest BCUT2D eigenvalue weighted by Crippen LogP contribution is -2.68. The van der Waals surface area contributed by atoms with Gasteiger partial charge in [-0.1, -0.05) is 0 Å². The summed E-state index contributed by atoms with van der Waals surface area (Å²) in [6.07, 6.45) is 2.75. The first-order valence-corrected chi connectivity index (χ1v) is 11.0. The van der Waals surface area contributed by atoms with Crippen LogP contribution in [0.15, 0.2) is 0 Å². The van der Waals surface area contributed by atoms with Crippen molar-refractivity contribution in [1.82, 2.24) is 20.2 Å². The zero-order valence-corrected chi connectivity index (χ0v) is 18.7. The number of nitrogens with one attached hydrogen (secondary N) is 1. The van der Waals surface area contributed by atoms with Gasteiger partial charge in [0, 0.05) is 31.1 Å². The first-order chi connectivity index (χ1) is 14.1. The van der Waals surface area contributed by atoms with Crippen LogP contribution in [-0.4, -0.2) is 83.4 Å². The molecule has 10 nitrogen and oxygen atoms in total. The van der Waals surface area contributed by atoms with Crippen LogP contribution in [0.5, 0.6) is 0 Å². The third-order valence-corrected chi connectivity index (χ3v) is 6.57. The molecule has 1 spiro atoms. The number of hydroxylamine groups is 2. The molecule has 4 amide bonds. The first kappa shape index (κ1) is 21.5. The van der Waals surface area contributed by atoms with Crippen LogP contribution in [0.4, 0.5) is 9.59 Å². The monoisotopic (exact) mass is 442 g/mol. The molecular formula is C19H30N4O6S. The summed E-state index contributed by atoms with van der Waals surface area (Å²) >= 11 is 0.746. The molecule has 1 N–H and O–H groups in total. The Bertz CT molecular complexity index is 714. The lowest BCUT2D eigenvalue weighted by molar-refractivity contribution is -0.131. The van der Waals surface area contributed by atoms with Crippen molar-refractivity contribution < 1.29 is 27.6 Å². The second-order valence-electron chi connectivity index (χ2n) is 9.77. The van der Waals surface area contributed by atoms with Gasteiger partial charge in [0.15, 0.2) is 12.3 Å². The van der Waals surface area contributed by atoms with Crippen molar-refractivity contribution in [3.63, 3.8) is 0 Å². The van der Waals surface area contributed by atoms with Crippen molar-refractivity contribution in [2.24, 2.45) is 5.41 Å². The van der Waals surface area contributed by atoms with Crippen molar-refractivity contribution in [1.29, 1.82) is 0 Å². The average Bonchev–Trinajstić information content (AvgIpc) is 2.83. The molecule has 3 heterocycles. The number of rotatable bonds is 5. The molecule has 168 valence electrons. The lowest BCUT2D eigenvalue weighted by Gasteiger charge is -2.58. The molecule has 2 atom stereocenters. The van der Waals surface area contributed by atoms with E-state index in [-0.39, 0.29) is 35.5 Å². The predicted octanol–water partition coefficient (Wildman–Crippen LogP) is 1.91. The maximum absolute atomic E-state index is 12.8. The Morgan fingerprint density at radius 1 is 1.20 bits per heavy atom. The van der Waals surface area contributed by atoms with Crippen molar-refractivity contribution >= 4 is 30.4 Å². The minimum absolute atomic E-state index is 0.0509. The van der Waals surface area contributed by atoms with Crippen LogP contribution in [0.3, 0.4) is 0 Å². The number of carbonyl (C=O) groups excluding carboxylic acids is 3. The van der Waals surface area contributed by atoms with Crippen molar-refractivity contribution in [3.05, 3.63) is 0 Å². The molecule has 4 fully saturated rings. The molecule has 3 saturated heterocycles. The van der Waals surface area contributed by atoms with Crippen LogP contribution in [0.25, 0.3) is 0 Å². The van der Waals surface area contributed by atoms with Gasteiger partial charge in [0.05, 0.1) is 13.2 Å². The van der Waals surface area contributed by atoms with Crippen molar-refractivity contribution in [2.75, 3.05) is 26.7 Å². The Kier molecular flexibility index (Phi) is 5.56. The number of fused-ring (bicyclic) bond motifs is 2. The summed E-state index contributed by atoms with van der Waals surface area (Å²) in [5.74, 6) is -0.105. The molecule has 3 aliphatic heterocycles. The second-order valence-corrected chi connectivity index (χ2v) is 10.4. The van der Waals surface area contributed by atoms with Crippen molar-refractivity contribution in [3.8, 4) is 0 Å². The fourth-order valence-corrected chi connectivity index (χ4v) is 5.24. The highest BCUT2D eigenvalue weighted by atomic mass is 32.2. The molecule has 4 aliphatic rings. The van der Waals surface area contributed by atoms with E-state index in [9.17, 15) is 14.4 Å². The number of carbonyl (C=O) groups is 3. The van der Waals surface area contributed by atoms with Gasteiger partial charge in [0.2, 0.25) is 5.91 Å². The minimum atomic E-state index is -0.495. The molecule has 0 unspecified atom stereocenters. The van der Waals surface area contributed by atoms with E-state index in [0.29, 0.717) is 32.5 Å². The lowest BCUT2D eigenvalue weighted by atomic mass is 9.60. The molecule has 0 aromatic carbocycles.